The number of phenols is 1. The maximum Gasteiger partial charge on any atom is 0.160 e. The van der Waals surface area contributed by atoms with Gasteiger partial charge in [0.15, 0.2) is 11.5 Å². The van der Waals surface area contributed by atoms with Crippen molar-refractivity contribution in [3.05, 3.63) is 59.2 Å². The van der Waals surface area contributed by atoms with Crippen LogP contribution in [0.5, 0.6) is 11.5 Å². The molecular formula is C19H24N2O2. The van der Waals surface area contributed by atoms with Crippen LogP contribution in [0.4, 0.5) is 0 Å². The molecule has 0 saturated carbocycles. The molecule has 2 aromatic rings. The number of hydrogen-bond donors (Lipinski definition) is 2. The number of methoxy groups -OCH3 is 1. The van der Waals surface area contributed by atoms with Crippen molar-refractivity contribution in [3.63, 3.8) is 0 Å². The average Bonchev–Trinajstić information content (AvgIpc) is 2.59. The molecule has 0 atom stereocenters. The summed E-state index contributed by atoms with van der Waals surface area (Å²) in [7, 11) is 1.56. The predicted octanol–water partition coefficient (Wildman–Crippen LogP) is 2.55. The largest absolute Gasteiger partial charge is 0.504 e. The van der Waals surface area contributed by atoms with Crippen LogP contribution in [0.3, 0.4) is 0 Å². The van der Waals surface area contributed by atoms with Gasteiger partial charge in [-0.05, 0) is 35.2 Å². The van der Waals surface area contributed by atoms with E-state index < -0.39 is 0 Å². The Hall–Kier alpha value is -2.04. The summed E-state index contributed by atoms with van der Waals surface area (Å²) in [6.07, 6.45) is 1.14. The monoisotopic (exact) mass is 312 g/mol. The number of nitrogens with zero attached hydrogens (tertiary/aromatic N) is 1. The summed E-state index contributed by atoms with van der Waals surface area (Å²) in [6, 6.07) is 14.2. The van der Waals surface area contributed by atoms with Gasteiger partial charge in [0.25, 0.3) is 0 Å². The molecule has 4 nitrogen and oxygen atoms in total. The van der Waals surface area contributed by atoms with Crippen molar-refractivity contribution in [2.75, 3.05) is 26.7 Å². The lowest BCUT2D eigenvalue weighted by Gasteiger charge is -2.28. The smallest absolute Gasteiger partial charge is 0.160 e. The maximum absolute atomic E-state index is 9.78. The van der Waals surface area contributed by atoms with Crippen molar-refractivity contribution in [1.29, 1.82) is 0 Å². The third-order valence-corrected chi connectivity index (χ3v) is 4.39. The van der Waals surface area contributed by atoms with Crippen LogP contribution in [0.15, 0.2) is 42.5 Å². The van der Waals surface area contributed by atoms with E-state index in [1.807, 2.05) is 6.07 Å². The van der Waals surface area contributed by atoms with Crippen molar-refractivity contribution in [2.45, 2.75) is 19.5 Å². The molecule has 2 N–H and O–H groups in total. The lowest BCUT2D eigenvalue weighted by molar-refractivity contribution is 0.254. The molecule has 0 bridgehead atoms. The molecule has 1 aliphatic rings. The van der Waals surface area contributed by atoms with Gasteiger partial charge >= 0.3 is 0 Å². The molecule has 0 fully saturated rings. The summed E-state index contributed by atoms with van der Waals surface area (Å²) in [5.41, 5.74) is 4.01. The van der Waals surface area contributed by atoms with Crippen molar-refractivity contribution >= 4 is 0 Å². The molecule has 1 aliphatic heterocycles. The lowest BCUT2D eigenvalue weighted by Crippen LogP contribution is -2.35. The van der Waals surface area contributed by atoms with E-state index in [4.69, 9.17) is 4.74 Å². The number of phenolic OH excluding ortho intramolecular Hbond substituents is 1. The third-order valence-electron chi connectivity index (χ3n) is 4.39. The summed E-state index contributed by atoms with van der Waals surface area (Å²) < 4.78 is 5.06. The van der Waals surface area contributed by atoms with Crippen molar-refractivity contribution in [2.24, 2.45) is 0 Å². The summed E-state index contributed by atoms with van der Waals surface area (Å²) in [6.45, 7) is 4.90. The summed E-state index contributed by atoms with van der Waals surface area (Å²) in [4.78, 5) is 2.49. The molecule has 0 unspecified atom stereocenters. The first kappa shape index (κ1) is 15.8. The molecule has 0 aromatic heterocycles. The summed E-state index contributed by atoms with van der Waals surface area (Å²) in [5, 5.41) is 13.2. The van der Waals surface area contributed by atoms with Crippen LogP contribution in [0, 0.1) is 0 Å². The zero-order valence-electron chi connectivity index (χ0n) is 13.6. The normalized spacial score (nSPS) is 14.5. The Morgan fingerprint density at radius 1 is 1.17 bits per heavy atom. The number of hydrogen-bond acceptors (Lipinski definition) is 4. The van der Waals surface area contributed by atoms with Crippen LogP contribution >= 0.6 is 0 Å². The number of benzene rings is 2. The standard InChI is InChI=1S/C19H24N2O2/c1-23-19-7-6-15(12-18(19)22)13-20-9-11-21-10-8-16-4-2-3-5-17(16)14-21/h2-7,12,20,22H,8-11,13-14H2,1H3. The van der Waals surface area contributed by atoms with Gasteiger partial charge in [-0.25, -0.2) is 0 Å². The lowest BCUT2D eigenvalue weighted by atomic mass is 10.00. The Bertz CT molecular complexity index is 658. The van der Waals surface area contributed by atoms with E-state index >= 15 is 0 Å². The molecule has 23 heavy (non-hydrogen) atoms. The number of aromatic hydroxyl groups is 1. The molecule has 0 amide bonds. The zero-order chi connectivity index (χ0) is 16.1. The van der Waals surface area contributed by atoms with E-state index in [0.29, 0.717) is 5.75 Å². The van der Waals surface area contributed by atoms with Crippen molar-refractivity contribution in [3.8, 4) is 11.5 Å². The minimum Gasteiger partial charge on any atom is -0.504 e. The maximum atomic E-state index is 9.78. The SMILES string of the molecule is COc1ccc(CNCCN2CCc3ccccc3C2)cc1O. The Labute approximate surface area is 137 Å². The van der Waals surface area contributed by atoms with E-state index in [2.05, 4.69) is 34.5 Å². The number of fused-ring (bicyclic) bond motifs is 1. The predicted molar refractivity (Wildman–Crippen MR) is 91.8 cm³/mol. The number of ether oxygens (including phenoxy) is 1. The van der Waals surface area contributed by atoms with Crippen LogP contribution in [0.25, 0.3) is 0 Å². The third kappa shape index (κ3) is 4.03. The van der Waals surface area contributed by atoms with Crippen LogP contribution in [0.1, 0.15) is 16.7 Å². The highest BCUT2D eigenvalue weighted by atomic mass is 16.5. The topological polar surface area (TPSA) is 44.7 Å². The molecule has 4 heteroatoms. The fraction of sp³-hybridized carbons (Fsp3) is 0.368. The van der Waals surface area contributed by atoms with Gasteiger partial charge in [-0.1, -0.05) is 30.3 Å². The first-order valence-corrected chi connectivity index (χ1v) is 8.12. The van der Waals surface area contributed by atoms with E-state index in [1.54, 1.807) is 19.2 Å². The minimum atomic E-state index is 0.194. The van der Waals surface area contributed by atoms with Crippen molar-refractivity contribution < 1.29 is 9.84 Å². The Kier molecular flexibility index (Phi) is 5.16. The molecule has 2 aromatic carbocycles. The van der Waals surface area contributed by atoms with Crippen LogP contribution in [0.2, 0.25) is 0 Å². The molecule has 0 spiro atoms. The Balaban J connectivity index is 1.43. The molecule has 122 valence electrons. The van der Waals surface area contributed by atoms with E-state index in [9.17, 15) is 5.11 Å². The van der Waals surface area contributed by atoms with Crippen LogP contribution < -0.4 is 10.1 Å². The number of rotatable bonds is 6. The second-order valence-corrected chi connectivity index (χ2v) is 5.98. The number of nitrogens with one attached hydrogen (secondary N) is 1. The van der Waals surface area contributed by atoms with E-state index in [1.165, 1.54) is 11.1 Å². The van der Waals surface area contributed by atoms with Gasteiger partial charge in [-0.15, -0.1) is 0 Å². The second-order valence-electron chi connectivity index (χ2n) is 5.98. The molecule has 3 rings (SSSR count). The molecule has 1 heterocycles. The van der Waals surface area contributed by atoms with Crippen LogP contribution in [-0.4, -0.2) is 36.8 Å². The second kappa shape index (κ2) is 7.49. The van der Waals surface area contributed by atoms with Gasteiger partial charge in [0.05, 0.1) is 7.11 Å². The average molecular weight is 312 g/mol. The highest BCUT2D eigenvalue weighted by Crippen LogP contribution is 2.26. The first-order valence-electron chi connectivity index (χ1n) is 8.12. The van der Waals surface area contributed by atoms with Gasteiger partial charge in [0, 0.05) is 32.7 Å². The first-order chi connectivity index (χ1) is 11.3. The fourth-order valence-electron chi connectivity index (χ4n) is 3.06. The van der Waals surface area contributed by atoms with E-state index in [0.717, 1.165) is 44.7 Å². The van der Waals surface area contributed by atoms with Gasteiger partial charge < -0.3 is 15.2 Å². The van der Waals surface area contributed by atoms with Gasteiger partial charge in [-0.2, -0.15) is 0 Å². The summed E-state index contributed by atoms with van der Waals surface area (Å²) in [5.74, 6) is 0.708. The Morgan fingerprint density at radius 3 is 2.78 bits per heavy atom. The van der Waals surface area contributed by atoms with Gasteiger partial charge in [0.1, 0.15) is 0 Å². The highest BCUT2D eigenvalue weighted by molar-refractivity contribution is 5.41. The fourth-order valence-corrected chi connectivity index (χ4v) is 3.06. The quantitative estimate of drug-likeness (QED) is 0.805. The zero-order valence-corrected chi connectivity index (χ0v) is 13.6. The van der Waals surface area contributed by atoms with E-state index in [-0.39, 0.29) is 5.75 Å². The molecule has 0 radical (unpaired) electrons. The van der Waals surface area contributed by atoms with Gasteiger partial charge in [-0.3, -0.25) is 4.90 Å². The molecule has 0 aliphatic carbocycles. The molecular weight excluding hydrogens is 288 g/mol. The van der Waals surface area contributed by atoms with Crippen molar-refractivity contribution in [1.82, 2.24) is 10.2 Å². The van der Waals surface area contributed by atoms with Crippen LogP contribution in [-0.2, 0) is 19.5 Å². The Morgan fingerprint density at radius 2 is 2.00 bits per heavy atom. The highest BCUT2D eigenvalue weighted by Gasteiger charge is 2.14. The summed E-state index contributed by atoms with van der Waals surface area (Å²) >= 11 is 0. The van der Waals surface area contributed by atoms with Gasteiger partial charge in [0.2, 0.25) is 0 Å². The molecule has 0 saturated heterocycles. The minimum absolute atomic E-state index is 0.194.